The second-order valence-electron chi connectivity index (χ2n) is 3.55. The molecule has 1 heterocycles. The van der Waals surface area contributed by atoms with Gasteiger partial charge in [0.05, 0.1) is 6.42 Å². The summed E-state index contributed by atoms with van der Waals surface area (Å²) >= 11 is 7.14. The Morgan fingerprint density at radius 3 is 2.72 bits per heavy atom. The number of benzene rings is 1. The number of hydrogen-bond acceptors (Lipinski definition) is 4. The van der Waals surface area contributed by atoms with E-state index in [0.29, 0.717) is 10.2 Å². The van der Waals surface area contributed by atoms with Crippen LogP contribution in [-0.2, 0) is 4.79 Å². The number of H-pyrrole nitrogens is 1. The lowest BCUT2D eigenvalue weighted by Gasteiger charge is -2.13. The van der Waals surface area contributed by atoms with E-state index in [2.05, 4.69) is 15.2 Å². The van der Waals surface area contributed by atoms with Crippen LogP contribution in [0, 0.1) is 0 Å². The van der Waals surface area contributed by atoms with Gasteiger partial charge in [0.15, 0.2) is 5.16 Å². The van der Waals surface area contributed by atoms with Gasteiger partial charge < -0.3 is 5.11 Å². The third-order valence-electron chi connectivity index (χ3n) is 2.25. The number of thioether (sulfide) groups is 1. The minimum absolute atomic E-state index is 0.00694. The molecule has 0 aliphatic heterocycles. The van der Waals surface area contributed by atoms with Crippen molar-refractivity contribution in [1.82, 2.24) is 15.2 Å². The van der Waals surface area contributed by atoms with E-state index in [1.807, 2.05) is 12.1 Å². The van der Waals surface area contributed by atoms with Gasteiger partial charge in [0.25, 0.3) is 0 Å². The van der Waals surface area contributed by atoms with E-state index in [-0.39, 0.29) is 11.7 Å². The molecule has 0 unspecified atom stereocenters. The molecule has 0 spiro atoms. The lowest BCUT2D eigenvalue weighted by Crippen LogP contribution is -2.03. The average Bonchev–Trinajstić information content (AvgIpc) is 2.81. The topological polar surface area (TPSA) is 78.9 Å². The maximum Gasteiger partial charge on any atom is 0.304 e. The standard InChI is InChI=1S/C11H10ClN3O2S/c12-8-3-1-7(2-4-8)9(5-10(16)17)18-11-13-6-14-15-11/h1-4,6,9H,5H2,(H,16,17)(H,13,14,15)/t9-/m0/s1. The van der Waals surface area contributed by atoms with Crippen LogP contribution in [0.5, 0.6) is 0 Å². The van der Waals surface area contributed by atoms with Crippen LogP contribution >= 0.6 is 23.4 Å². The van der Waals surface area contributed by atoms with Gasteiger partial charge in [-0.25, -0.2) is 4.98 Å². The van der Waals surface area contributed by atoms with Crippen LogP contribution in [0.4, 0.5) is 0 Å². The molecule has 18 heavy (non-hydrogen) atoms. The Labute approximate surface area is 113 Å². The van der Waals surface area contributed by atoms with Gasteiger partial charge in [-0.15, -0.1) is 0 Å². The van der Waals surface area contributed by atoms with Crippen molar-refractivity contribution in [2.24, 2.45) is 0 Å². The summed E-state index contributed by atoms with van der Waals surface area (Å²) in [6.45, 7) is 0. The van der Waals surface area contributed by atoms with E-state index in [0.717, 1.165) is 5.56 Å². The number of aromatic nitrogens is 3. The third-order valence-corrected chi connectivity index (χ3v) is 3.64. The zero-order valence-electron chi connectivity index (χ0n) is 9.21. The molecule has 2 aromatic rings. The van der Waals surface area contributed by atoms with Gasteiger partial charge in [-0.2, -0.15) is 5.10 Å². The second kappa shape index (κ2) is 5.88. The van der Waals surface area contributed by atoms with Crippen LogP contribution in [0.2, 0.25) is 5.02 Å². The van der Waals surface area contributed by atoms with Gasteiger partial charge in [-0.3, -0.25) is 9.89 Å². The summed E-state index contributed by atoms with van der Waals surface area (Å²) in [5, 5.41) is 16.4. The molecular weight excluding hydrogens is 274 g/mol. The second-order valence-corrected chi connectivity index (χ2v) is 5.17. The summed E-state index contributed by atoms with van der Waals surface area (Å²) in [5.41, 5.74) is 0.892. The summed E-state index contributed by atoms with van der Waals surface area (Å²) in [6.07, 6.45) is 1.40. The van der Waals surface area contributed by atoms with Crippen LogP contribution in [0.25, 0.3) is 0 Å². The molecule has 5 nitrogen and oxygen atoms in total. The van der Waals surface area contributed by atoms with Crippen molar-refractivity contribution in [3.63, 3.8) is 0 Å². The Hall–Kier alpha value is -1.53. The third kappa shape index (κ3) is 3.48. The molecule has 2 N–H and O–H groups in total. The molecular formula is C11H10ClN3O2S. The molecule has 0 aliphatic rings. The first kappa shape index (κ1) is 12.9. The Morgan fingerprint density at radius 2 is 2.17 bits per heavy atom. The van der Waals surface area contributed by atoms with Crippen LogP contribution in [0.3, 0.4) is 0 Å². The first-order chi connectivity index (χ1) is 8.65. The minimum Gasteiger partial charge on any atom is -0.481 e. The van der Waals surface area contributed by atoms with Gasteiger partial charge in [0, 0.05) is 10.3 Å². The van der Waals surface area contributed by atoms with Crippen molar-refractivity contribution < 1.29 is 9.90 Å². The molecule has 0 saturated heterocycles. The highest BCUT2D eigenvalue weighted by atomic mass is 35.5. The maximum absolute atomic E-state index is 10.9. The van der Waals surface area contributed by atoms with Crippen molar-refractivity contribution in [2.45, 2.75) is 16.8 Å². The molecule has 0 bridgehead atoms. The van der Waals surface area contributed by atoms with Crippen LogP contribution < -0.4 is 0 Å². The number of halogens is 1. The largest absolute Gasteiger partial charge is 0.481 e. The predicted octanol–water partition coefficient (Wildman–Crippen LogP) is 2.77. The van der Waals surface area contributed by atoms with Crippen LogP contribution in [0.1, 0.15) is 17.2 Å². The SMILES string of the molecule is O=C(O)C[C@H](Sc1ncn[nH]1)c1ccc(Cl)cc1. The maximum atomic E-state index is 10.9. The van der Waals surface area contributed by atoms with E-state index < -0.39 is 5.97 Å². The summed E-state index contributed by atoms with van der Waals surface area (Å²) in [5.74, 6) is -0.859. The van der Waals surface area contributed by atoms with E-state index in [4.69, 9.17) is 16.7 Å². The summed E-state index contributed by atoms with van der Waals surface area (Å²) in [4.78, 5) is 14.9. The monoisotopic (exact) mass is 283 g/mol. The fourth-order valence-electron chi connectivity index (χ4n) is 1.45. The highest BCUT2D eigenvalue weighted by Crippen LogP contribution is 2.36. The normalized spacial score (nSPS) is 12.3. The lowest BCUT2D eigenvalue weighted by molar-refractivity contribution is -0.137. The molecule has 1 aromatic carbocycles. The Kier molecular flexibility index (Phi) is 4.22. The number of rotatable bonds is 5. The molecule has 1 aromatic heterocycles. The van der Waals surface area contributed by atoms with E-state index in [9.17, 15) is 4.79 Å². The number of carboxylic acids is 1. The fourth-order valence-corrected chi connectivity index (χ4v) is 2.58. The van der Waals surface area contributed by atoms with E-state index in [1.165, 1.54) is 18.1 Å². The molecule has 0 fully saturated rings. The number of nitrogens with zero attached hydrogens (tertiary/aromatic N) is 2. The van der Waals surface area contributed by atoms with Crippen LogP contribution in [-0.4, -0.2) is 26.3 Å². The molecule has 0 amide bonds. The molecule has 0 aliphatic carbocycles. The quantitative estimate of drug-likeness (QED) is 0.825. The number of aliphatic carboxylic acids is 1. The molecule has 94 valence electrons. The van der Waals surface area contributed by atoms with E-state index >= 15 is 0 Å². The van der Waals surface area contributed by atoms with E-state index in [1.54, 1.807) is 12.1 Å². The first-order valence-electron chi connectivity index (χ1n) is 5.14. The number of carboxylic acid groups (broad SMARTS) is 1. The number of nitrogens with one attached hydrogen (secondary N) is 1. The fraction of sp³-hybridized carbons (Fsp3) is 0.182. The van der Waals surface area contributed by atoms with Crippen molar-refractivity contribution in [3.05, 3.63) is 41.2 Å². The van der Waals surface area contributed by atoms with Crippen LogP contribution in [0.15, 0.2) is 35.7 Å². The minimum atomic E-state index is -0.859. The number of carbonyl (C=O) groups is 1. The van der Waals surface area contributed by atoms with Gasteiger partial charge >= 0.3 is 5.97 Å². The Bertz CT molecular complexity index is 516. The zero-order valence-corrected chi connectivity index (χ0v) is 10.8. The average molecular weight is 284 g/mol. The molecule has 2 rings (SSSR count). The highest BCUT2D eigenvalue weighted by Gasteiger charge is 2.18. The number of hydrogen-bond donors (Lipinski definition) is 2. The lowest BCUT2D eigenvalue weighted by atomic mass is 10.1. The highest BCUT2D eigenvalue weighted by molar-refractivity contribution is 7.99. The molecule has 1 atom stereocenters. The van der Waals surface area contributed by atoms with Gasteiger partial charge in [-0.05, 0) is 17.7 Å². The van der Waals surface area contributed by atoms with Crippen molar-refractivity contribution >= 4 is 29.3 Å². The van der Waals surface area contributed by atoms with Crippen molar-refractivity contribution in [3.8, 4) is 0 Å². The van der Waals surface area contributed by atoms with Gasteiger partial charge in [0.1, 0.15) is 6.33 Å². The Balaban J connectivity index is 2.19. The van der Waals surface area contributed by atoms with Gasteiger partial charge in [-0.1, -0.05) is 35.5 Å². The molecule has 0 saturated carbocycles. The Morgan fingerprint density at radius 1 is 1.44 bits per heavy atom. The first-order valence-corrected chi connectivity index (χ1v) is 6.40. The zero-order chi connectivity index (χ0) is 13.0. The summed E-state index contributed by atoms with van der Waals surface area (Å²) < 4.78 is 0. The smallest absolute Gasteiger partial charge is 0.304 e. The number of aromatic amines is 1. The van der Waals surface area contributed by atoms with Crippen molar-refractivity contribution in [1.29, 1.82) is 0 Å². The summed E-state index contributed by atoms with van der Waals surface area (Å²) in [6, 6.07) is 7.12. The molecule has 0 radical (unpaired) electrons. The predicted molar refractivity (Wildman–Crippen MR) is 68.7 cm³/mol. The molecule has 7 heteroatoms. The summed E-state index contributed by atoms with van der Waals surface area (Å²) in [7, 11) is 0. The van der Waals surface area contributed by atoms with Gasteiger partial charge in [0.2, 0.25) is 0 Å². The van der Waals surface area contributed by atoms with Crippen molar-refractivity contribution in [2.75, 3.05) is 0 Å².